The minimum Gasteiger partial charge on any atom is -0.497 e. The number of carbonyl (C=O) groups excluding carboxylic acids is 2. The molecular formula is C30H31N5O4S. The number of carbonyl (C=O) groups is 2. The van der Waals surface area contributed by atoms with Gasteiger partial charge in [-0.15, -0.1) is 0 Å². The van der Waals surface area contributed by atoms with Crippen LogP contribution in [0, 0.1) is 0 Å². The average Bonchev–Trinajstić information content (AvgIpc) is 2.97. The summed E-state index contributed by atoms with van der Waals surface area (Å²) >= 11 is 1.71. The van der Waals surface area contributed by atoms with Crippen molar-refractivity contribution in [3.63, 3.8) is 0 Å². The summed E-state index contributed by atoms with van der Waals surface area (Å²) in [5.74, 6) is 1.93. The van der Waals surface area contributed by atoms with Crippen molar-refractivity contribution in [2.45, 2.75) is 19.4 Å². The molecule has 2 aliphatic rings. The monoisotopic (exact) mass is 557 g/mol. The Morgan fingerprint density at radius 2 is 1.68 bits per heavy atom. The first-order valence-corrected chi connectivity index (χ1v) is 13.9. The molecule has 0 aromatic heterocycles. The molecule has 0 saturated carbocycles. The minimum atomic E-state index is -0.408. The van der Waals surface area contributed by atoms with E-state index in [9.17, 15) is 9.59 Å². The van der Waals surface area contributed by atoms with Crippen LogP contribution in [0.2, 0.25) is 0 Å². The van der Waals surface area contributed by atoms with Gasteiger partial charge in [0.1, 0.15) is 11.5 Å². The van der Waals surface area contributed by atoms with E-state index in [1.165, 1.54) is 7.11 Å². The maximum Gasteiger partial charge on any atom is 0.323 e. The highest BCUT2D eigenvalue weighted by Gasteiger charge is 2.37. The zero-order valence-corrected chi connectivity index (χ0v) is 23.4. The number of aliphatic imine (C=N–C) groups is 1. The van der Waals surface area contributed by atoms with Crippen LogP contribution in [0.1, 0.15) is 24.9 Å². The highest BCUT2D eigenvalue weighted by Crippen LogP contribution is 2.40. The first kappa shape index (κ1) is 27.1. The van der Waals surface area contributed by atoms with Crippen molar-refractivity contribution in [1.82, 2.24) is 4.90 Å². The van der Waals surface area contributed by atoms with Crippen LogP contribution in [-0.4, -0.2) is 48.5 Å². The van der Waals surface area contributed by atoms with Crippen LogP contribution in [0.5, 0.6) is 11.5 Å². The number of anilines is 3. The molecule has 2 heterocycles. The lowest BCUT2D eigenvalue weighted by atomic mass is 9.93. The zero-order chi connectivity index (χ0) is 28.1. The number of ether oxygens (including phenoxy) is 2. The van der Waals surface area contributed by atoms with Gasteiger partial charge >= 0.3 is 6.03 Å². The zero-order valence-electron chi connectivity index (χ0n) is 22.6. The van der Waals surface area contributed by atoms with Gasteiger partial charge in [0.15, 0.2) is 5.17 Å². The maximum absolute atomic E-state index is 13.6. The fourth-order valence-corrected chi connectivity index (χ4v) is 5.78. The van der Waals surface area contributed by atoms with Gasteiger partial charge in [-0.05, 0) is 55.3 Å². The molecule has 9 nitrogen and oxygen atoms in total. The highest BCUT2D eigenvalue weighted by atomic mass is 32.2. The number of amidine groups is 1. The molecule has 0 aliphatic carbocycles. The van der Waals surface area contributed by atoms with Gasteiger partial charge in [0, 0.05) is 29.7 Å². The fourth-order valence-electron chi connectivity index (χ4n) is 4.76. The summed E-state index contributed by atoms with van der Waals surface area (Å²) in [6.07, 6.45) is 1.00. The van der Waals surface area contributed by atoms with Crippen molar-refractivity contribution in [3.05, 3.63) is 89.6 Å². The lowest BCUT2D eigenvalue weighted by Crippen LogP contribution is -2.43. The lowest BCUT2D eigenvalue weighted by Gasteiger charge is -2.40. The summed E-state index contributed by atoms with van der Waals surface area (Å²) in [6, 6.07) is 21.4. The summed E-state index contributed by atoms with van der Waals surface area (Å²) in [5, 5.41) is 9.63. The molecular weight excluding hydrogens is 526 g/mol. The number of hydrogen-bond donors (Lipinski definition) is 3. The third-order valence-electron chi connectivity index (χ3n) is 6.68. The SMILES string of the molecule is COc1ccc(NC(=O)Nc2ccc([C@H]3C(C(=O)Nc4ccccc4)=C(C)N=C4SCCCN43)cc2)c(OC)c1. The molecule has 40 heavy (non-hydrogen) atoms. The van der Waals surface area contributed by atoms with Crippen molar-refractivity contribution < 1.29 is 19.1 Å². The topological polar surface area (TPSA) is 104 Å². The summed E-state index contributed by atoms with van der Waals surface area (Å²) < 4.78 is 10.6. The van der Waals surface area contributed by atoms with E-state index in [1.54, 1.807) is 37.1 Å². The Balaban J connectivity index is 1.36. The summed E-state index contributed by atoms with van der Waals surface area (Å²) in [6.45, 7) is 2.69. The number of urea groups is 1. The standard InChI is InChI=1S/C30H31N5O4S/c1-19-26(28(36)32-21-8-5-4-6-9-21)27(35-16-7-17-40-30(35)31-19)20-10-12-22(13-11-20)33-29(37)34-24-15-14-23(38-2)18-25(24)39-3/h4-6,8-15,18,27H,7,16-17H2,1-3H3,(H,32,36)(H2,33,34,37)/t27-/m0/s1. The van der Waals surface area contributed by atoms with E-state index in [-0.39, 0.29) is 11.9 Å². The lowest BCUT2D eigenvalue weighted by molar-refractivity contribution is -0.113. The molecule has 3 aromatic carbocycles. The molecule has 206 valence electrons. The van der Waals surface area contributed by atoms with Gasteiger partial charge in [-0.2, -0.15) is 0 Å². The molecule has 1 saturated heterocycles. The largest absolute Gasteiger partial charge is 0.497 e. The third-order valence-corrected chi connectivity index (χ3v) is 7.75. The third kappa shape index (κ3) is 5.91. The molecule has 0 unspecified atom stereocenters. The Hall–Kier alpha value is -4.44. The predicted molar refractivity (Wildman–Crippen MR) is 160 cm³/mol. The Morgan fingerprint density at radius 3 is 2.40 bits per heavy atom. The number of nitrogens with one attached hydrogen (secondary N) is 3. The first-order chi connectivity index (χ1) is 19.5. The van der Waals surface area contributed by atoms with Gasteiger partial charge in [-0.1, -0.05) is 42.1 Å². The molecule has 1 atom stereocenters. The second kappa shape index (κ2) is 12.2. The summed E-state index contributed by atoms with van der Waals surface area (Å²) in [7, 11) is 3.10. The average molecular weight is 558 g/mol. The van der Waals surface area contributed by atoms with E-state index in [2.05, 4.69) is 20.9 Å². The molecule has 3 amide bonds. The number of hydrogen-bond acceptors (Lipinski definition) is 7. The molecule has 5 rings (SSSR count). The quantitative estimate of drug-likeness (QED) is 0.324. The maximum atomic E-state index is 13.6. The number of para-hydroxylation sites is 1. The Labute approximate surface area is 237 Å². The number of rotatable bonds is 7. The van der Waals surface area contributed by atoms with Crippen LogP contribution in [0.4, 0.5) is 21.9 Å². The number of methoxy groups -OCH3 is 2. The second-order valence-corrected chi connectivity index (χ2v) is 10.3. The van der Waals surface area contributed by atoms with E-state index in [0.29, 0.717) is 34.1 Å². The van der Waals surface area contributed by atoms with Crippen molar-refractivity contribution >= 4 is 45.9 Å². The van der Waals surface area contributed by atoms with Crippen molar-refractivity contribution in [2.24, 2.45) is 4.99 Å². The van der Waals surface area contributed by atoms with Gasteiger partial charge in [0.25, 0.3) is 5.91 Å². The molecule has 2 aliphatic heterocycles. The molecule has 0 spiro atoms. The van der Waals surface area contributed by atoms with Crippen LogP contribution >= 0.6 is 11.8 Å². The second-order valence-electron chi connectivity index (χ2n) is 9.28. The van der Waals surface area contributed by atoms with Crippen molar-refractivity contribution in [2.75, 3.05) is 42.5 Å². The number of fused-ring (bicyclic) bond motifs is 1. The Kier molecular flexibility index (Phi) is 8.26. The van der Waals surface area contributed by atoms with Gasteiger partial charge in [0.05, 0.1) is 37.2 Å². The van der Waals surface area contributed by atoms with E-state index in [1.807, 2.05) is 61.5 Å². The number of nitrogens with zero attached hydrogens (tertiary/aromatic N) is 2. The molecule has 0 radical (unpaired) electrons. The molecule has 3 aromatic rings. The Bertz CT molecular complexity index is 1460. The van der Waals surface area contributed by atoms with Gasteiger partial charge in [-0.3, -0.25) is 4.79 Å². The minimum absolute atomic E-state index is 0.179. The van der Waals surface area contributed by atoms with E-state index >= 15 is 0 Å². The molecule has 0 bridgehead atoms. The van der Waals surface area contributed by atoms with Gasteiger partial charge in [-0.25, -0.2) is 9.79 Å². The summed E-state index contributed by atoms with van der Waals surface area (Å²) in [4.78, 5) is 33.3. The number of thioether (sulfide) groups is 1. The van der Waals surface area contributed by atoms with E-state index in [0.717, 1.165) is 35.1 Å². The Morgan fingerprint density at radius 1 is 0.925 bits per heavy atom. The number of benzene rings is 3. The van der Waals surface area contributed by atoms with Crippen LogP contribution < -0.4 is 25.4 Å². The number of amides is 3. The van der Waals surface area contributed by atoms with Crippen LogP contribution in [0.15, 0.2) is 89.1 Å². The van der Waals surface area contributed by atoms with Gasteiger partial charge in [0.2, 0.25) is 0 Å². The van der Waals surface area contributed by atoms with Crippen molar-refractivity contribution in [1.29, 1.82) is 0 Å². The van der Waals surface area contributed by atoms with E-state index in [4.69, 9.17) is 14.5 Å². The number of allylic oxidation sites excluding steroid dienone is 1. The normalized spacial score (nSPS) is 16.4. The van der Waals surface area contributed by atoms with Crippen molar-refractivity contribution in [3.8, 4) is 11.5 Å². The molecule has 10 heteroatoms. The highest BCUT2D eigenvalue weighted by molar-refractivity contribution is 8.13. The summed E-state index contributed by atoms with van der Waals surface area (Å²) in [5.41, 5.74) is 4.11. The van der Waals surface area contributed by atoms with Crippen LogP contribution in [-0.2, 0) is 4.79 Å². The smallest absolute Gasteiger partial charge is 0.323 e. The molecule has 1 fully saturated rings. The van der Waals surface area contributed by atoms with E-state index < -0.39 is 6.03 Å². The first-order valence-electron chi connectivity index (χ1n) is 12.9. The van der Waals surface area contributed by atoms with Crippen LogP contribution in [0.25, 0.3) is 0 Å². The molecule has 3 N–H and O–H groups in total. The van der Waals surface area contributed by atoms with Crippen LogP contribution in [0.3, 0.4) is 0 Å². The predicted octanol–water partition coefficient (Wildman–Crippen LogP) is 6.11. The van der Waals surface area contributed by atoms with Gasteiger partial charge < -0.3 is 30.3 Å². The fraction of sp³-hybridized carbons (Fsp3) is 0.233.